The summed E-state index contributed by atoms with van der Waals surface area (Å²) in [6.45, 7) is 2.99. The third-order valence-corrected chi connectivity index (χ3v) is 5.58. The first kappa shape index (κ1) is 16.4. The van der Waals surface area contributed by atoms with Gasteiger partial charge >= 0.3 is 0 Å². The number of rotatable bonds is 3. The van der Waals surface area contributed by atoms with Crippen LogP contribution in [-0.2, 0) is 5.60 Å². The normalized spacial score (nSPS) is 27.6. The molecule has 1 N–H and O–H groups in total. The molecule has 2 atom stereocenters. The highest BCUT2D eigenvalue weighted by Crippen LogP contribution is 2.37. The van der Waals surface area contributed by atoms with E-state index >= 15 is 0 Å². The molecular weight excluding hydrogens is 316 g/mol. The van der Waals surface area contributed by atoms with Crippen LogP contribution >= 0.6 is 0 Å². The number of nitrogens with zero attached hydrogens (tertiary/aromatic N) is 2. The fourth-order valence-corrected chi connectivity index (χ4v) is 4.20. The maximum Gasteiger partial charge on any atom is 0.289 e. The monoisotopic (exact) mass is 340 g/mol. The molecule has 0 aliphatic carbocycles. The highest BCUT2D eigenvalue weighted by atomic mass is 16.3. The lowest BCUT2D eigenvalue weighted by Gasteiger charge is -2.48. The molecule has 0 spiro atoms. The average Bonchev–Trinajstić information content (AvgIpc) is 3.36. The van der Waals surface area contributed by atoms with E-state index < -0.39 is 5.60 Å². The number of furan rings is 1. The van der Waals surface area contributed by atoms with E-state index in [0.717, 1.165) is 31.5 Å². The van der Waals surface area contributed by atoms with Gasteiger partial charge in [0, 0.05) is 13.1 Å². The molecular formula is C20H24N2O3. The zero-order valence-corrected chi connectivity index (χ0v) is 14.3. The van der Waals surface area contributed by atoms with Crippen LogP contribution in [0, 0.1) is 0 Å². The number of piperidine rings is 1. The number of likely N-dealkylation sites (tertiary alicyclic amines) is 2. The Morgan fingerprint density at radius 1 is 1.08 bits per heavy atom. The Hall–Kier alpha value is -2.11. The molecule has 1 aromatic heterocycles. The number of carbonyl (C=O) groups excluding carboxylic acids is 1. The molecule has 1 aromatic carbocycles. The summed E-state index contributed by atoms with van der Waals surface area (Å²) < 4.78 is 5.28. The van der Waals surface area contributed by atoms with Gasteiger partial charge in [-0.05, 0) is 50.0 Å². The van der Waals surface area contributed by atoms with E-state index in [0.29, 0.717) is 25.3 Å². The number of carbonyl (C=O) groups is 1. The lowest BCUT2D eigenvalue weighted by atomic mass is 9.79. The van der Waals surface area contributed by atoms with Gasteiger partial charge in [-0.1, -0.05) is 30.3 Å². The van der Waals surface area contributed by atoms with Crippen LogP contribution < -0.4 is 0 Å². The van der Waals surface area contributed by atoms with Gasteiger partial charge in [0.05, 0.1) is 12.3 Å². The molecule has 2 saturated heterocycles. The van der Waals surface area contributed by atoms with Crippen LogP contribution in [0.2, 0.25) is 0 Å². The zero-order valence-electron chi connectivity index (χ0n) is 14.3. The van der Waals surface area contributed by atoms with Crippen LogP contribution in [0.15, 0.2) is 53.1 Å². The molecule has 5 heteroatoms. The largest absolute Gasteiger partial charge is 0.459 e. The summed E-state index contributed by atoms with van der Waals surface area (Å²) in [7, 11) is 0. The summed E-state index contributed by atoms with van der Waals surface area (Å²) >= 11 is 0. The molecule has 0 saturated carbocycles. The summed E-state index contributed by atoms with van der Waals surface area (Å²) in [4.78, 5) is 16.9. The van der Waals surface area contributed by atoms with Crippen molar-refractivity contribution in [2.24, 2.45) is 0 Å². The lowest BCUT2D eigenvalue weighted by molar-refractivity contribution is -0.0881. The second kappa shape index (κ2) is 6.65. The van der Waals surface area contributed by atoms with Crippen molar-refractivity contribution in [1.29, 1.82) is 0 Å². The number of hydrogen-bond acceptors (Lipinski definition) is 4. The minimum atomic E-state index is -0.925. The molecule has 0 bridgehead atoms. The molecule has 2 aliphatic rings. The SMILES string of the molecule is O=C(c1ccco1)N1CCC(O)(c2ccccc2)[C@H](N2CCCC2)C1. The van der Waals surface area contributed by atoms with E-state index in [1.54, 1.807) is 12.1 Å². The maximum absolute atomic E-state index is 12.7. The Kier molecular flexibility index (Phi) is 4.36. The van der Waals surface area contributed by atoms with Gasteiger partial charge in [-0.3, -0.25) is 9.69 Å². The Morgan fingerprint density at radius 2 is 1.84 bits per heavy atom. The molecule has 5 nitrogen and oxygen atoms in total. The molecule has 4 rings (SSSR count). The van der Waals surface area contributed by atoms with Gasteiger partial charge in [0.25, 0.3) is 5.91 Å². The predicted octanol–water partition coefficient (Wildman–Crippen LogP) is 2.48. The number of aliphatic hydroxyl groups is 1. The first-order valence-corrected chi connectivity index (χ1v) is 9.03. The van der Waals surface area contributed by atoms with E-state index in [2.05, 4.69) is 4.90 Å². The van der Waals surface area contributed by atoms with Gasteiger partial charge in [-0.2, -0.15) is 0 Å². The van der Waals surface area contributed by atoms with Crippen molar-refractivity contribution in [2.75, 3.05) is 26.2 Å². The van der Waals surface area contributed by atoms with Crippen LogP contribution in [-0.4, -0.2) is 53.0 Å². The molecule has 2 aliphatic heterocycles. The van der Waals surface area contributed by atoms with Gasteiger partial charge in [0.15, 0.2) is 5.76 Å². The van der Waals surface area contributed by atoms with Gasteiger partial charge < -0.3 is 14.4 Å². The van der Waals surface area contributed by atoms with E-state index in [9.17, 15) is 9.90 Å². The molecule has 25 heavy (non-hydrogen) atoms. The molecule has 3 heterocycles. The van der Waals surface area contributed by atoms with Crippen LogP contribution in [0.1, 0.15) is 35.4 Å². The van der Waals surface area contributed by atoms with Crippen molar-refractivity contribution >= 4 is 5.91 Å². The Balaban J connectivity index is 1.62. The van der Waals surface area contributed by atoms with Crippen LogP contribution in [0.25, 0.3) is 0 Å². The summed E-state index contributed by atoms with van der Waals surface area (Å²) in [6.07, 6.45) is 4.35. The molecule has 0 radical (unpaired) electrons. The third-order valence-electron chi connectivity index (χ3n) is 5.58. The van der Waals surface area contributed by atoms with Crippen molar-refractivity contribution in [2.45, 2.75) is 30.9 Å². The second-order valence-electron chi connectivity index (χ2n) is 7.03. The fourth-order valence-electron chi connectivity index (χ4n) is 4.20. The summed E-state index contributed by atoms with van der Waals surface area (Å²) in [5, 5.41) is 11.6. The van der Waals surface area contributed by atoms with Crippen molar-refractivity contribution in [3.05, 3.63) is 60.1 Å². The molecule has 1 unspecified atom stereocenters. The minimum absolute atomic E-state index is 0.0925. The molecule has 2 aromatic rings. The number of hydrogen-bond donors (Lipinski definition) is 1. The van der Waals surface area contributed by atoms with Crippen LogP contribution in [0.3, 0.4) is 0 Å². The first-order chi connectivity index (χ1) is 12.2. The lowest BCUT2D eigenvalue weighted by Crippen LogP contribution is -2.61. The first-order valence-electron chi connectivity index (χ1n) is 9.03. The van der Waals surface area contributed by atoms with Gasteiger partial charge in [0.2, 0.25) is 0 Å². The van der Waals surface area contributed by atoms with Crippen molar-refractivity contribution in [1.82, 2.24) is 9.80 Å². The third kappa shape index (κ3) is 2.98. The van der Waals surface area contributed by atoms with Gasteiger partial charge in [-0.25, -0.2) is 0 Å². The van der Waals surface area contributed by atoms with E-state index in [1.165, 1.54) is 6.26 Å². The Morgan fingerprint density at radius 3 is 2.52 bits per heavy atom. The fraction of sp³-hybridized carbons (Fsp3) is 0.450. The smallest absolute Gasteiger partial charge is 0.289 e. The summed E-state index contributed by atoms with van der Waals surface area (Å²) in [6, 6.07) is 13.2. The maximum atomic E-state index is 12.7. The molecule has 2 fully saturated rings. The second-order valence-corrected chi connectivity index (χ2v) is 7.03. The zero-order chi connectivity index (χ0) is 17.3. The highest BCUT2D eigenvalue weighted by molar-refractivity contribution is 5.91. The van der Waals surface area contributed by atoms with Crippen LogP contribution in [0.5, 0.6) is 0 Å². The minimum Gasteiger partial charge on any atom is -0.459 e. The van der Waals surface area contributed by atoms with Crippen LogP contribution in [0.4, 0.5) is 0 Å². The number of amides is 1. The predicted molar refractivity (Wildman–Crippen MR) is 94.2 cm³/mol. The topological polar surface area (TPSA) is 56.9 Å². The standard InChI is InChI=1S/C20H24N2O3/c23-19(17-9-6-14-25-17)22-13-10-20(24,16-7-2-1-3-8-16)18(15-22)21-11-4-5-12-21/h1-3,6-9,14,18,24H,4-5,10-13,15H2/t18-,20?/m1/s1. The van der Waals surface area contributed by atoms with E-state index in [4.69, 9.17) is 4.42 Å². The molecule has 132 valence electrons. The van der Waals surface area contributed by atoms with E-state index in [1.807, 2.05) is 35.2 Å². The van der Waals surface area contributed by atoms with Crippen molar-refractivity contribution < 1.29 is 14.3 Å². The van der Waals surface area contributed by atoms with Gasteiger partial charge in [-0.15, -0.1) is 0 Å². The van der Waals surface area contributed by atoms with Crippen molar-refractivity contribution in [3.63, 3.8) is 0 Å². The van der Waals surface area contributed by atoms with Gasteiger partial charge in [0.1, 0.15) is 5.60 Å². The summed E-state index contributed by atoms with van der Waals surface area (Å²) in [5.41, 5.74) is 0.0166. The number of benzene rings is 1. The summed E-state index contributed by atoms with van der Waals surface area (Å²) in [5.74, 6) is 0.273. The van der Waals surface area contributed by atoms with E-state index in [-0.39, 0.29) is 11.9 Å². The van der Waals surface area contributed by atoms with Crippen molar-refractivity contribution in [3.8, 4) is 0 Å². The average molecular weight is 340 g/mol. The molecule has 1 amide bonds. The highest BCUT2D eigenvalue weighted by Gasteiger charge is 2.47. The Labute approximate surface area is 147 Å². The quantitative estimate of drug-likeness (QED) is 0.933. The Bertz CT molecular complexity index is 710.